The zero-order valence-electron chi connectivity index (χ0n) is 7.98. The SMILES string of the molecule is CC(CBr)CCSC(C)(C)C. The lowest BCUT2D eigenvalue weighted by molar-refractivity contribution is 0.644. The molecule has 0 aliphatic heterocycles. The van der Waals surface area contributed by atoms with E-state index >= 15 is 0 Å². The summed E-state index contributed by atoms with van der Waals surface area (Å²) in [5, 5.41) is 1.14. The molecule has 0 aliphatic carbocycles. The summed E-state index contributed by atoms with van der Waals surface area (Å²) >= 11 is 5.54. The van der Waals surface area contributed by atoms with Crippen molar-refractivity contribution in [3.8, 4) is 0 Å². The maximum Gasteiger partial charge on any atom is 0.00750 e. The van der Waals surface area contributed by atoms with Crippen LogP contribution in [0.2, 0.25) is 0 Å². The van der Waals surface area contributed by atoms with Gasteiger partial charge in [-0.25, -0.2) is 0 Å². The number of hydrogen-bond donors (Lipinski definition) is 0. The monoisotopic (exact) mass is 238 g/mol. The molecule has 0 aromatic rings. The molecular weight excluding hydrogens is 220 g/mol. The molecule has 0 N–H and O–H groups in total. The lowest BCUT2D eigenvalue weighted by Gasteiger charge is -2.18. The molecule has 0 rings (SSSR count). The number of rotatable bonds is 4. The van der Waals surface area contributed by atoms with Gasteiger partial charge in [-0.15, -0.1) is 0 Å². The van der Waals surface area contributed by atoms with E-state index in [9.17, 15) is 0 Å². The standard InChI is InChI=1S/C9H19BrS/c1-8(7-10)5-6-11-9(2,3)4/h8H,5-7H2,1-4H3. The Morgan fingerprint density at radius 2 is 1.91 bits per heavy atom. The molecule has 0 amide bonds. The highest BCUT2D eigenvalue weighted by molar-refractivity contribution is 9.09. The van der Waals surface area contributed by atoms with Crippen LogP contribution >= 0.6 is 27.7 Å². The fourth-order valence-corrected chi connectivity index (χ4v) is 2.10. The fourth-order valence-electron chi connectivity index (χ4n) is 0.643. The molecule has 0 aliphatic rings. The first-order valence-corrected chi connectivity index (χ1v) is 6.26. The zero-order valence-corrected chi connectivity index (χ0v) is 10.4. The van der Waals surface area contributed by atoms with E-state index in [1.54, 1.807) is 0 Å². The van der Waals surface area contributed by atoms with Crippen LogP contribution in [0.1, 0.15) is 34.1 Å². The number of thioether (sulfide) groups is 1. The van der Waals surface area contributed by atoms with Crippen molar-refractivity contribution in [3.63, 3.8) is 0 Å². The summed E-state index contributed by atoms with van der Waals surface area (Å²) in [7, 11) is 0. The molecule has 1 atom stereocenters. The van der Waals surface area contributed by atoms with Gasteiger partial charge in [-0.1, -0.05) is 43.6 Å². The minimum Gasteiger partial charge on any atom is -0.156 e. The van der Waals surface area contributed by atoms with Crippen LogP contribution in [0.25, 0.3) is 0 Å². The predicted molar refractivity (Wildman–Crippen MR) is 59.8 cm³/mol. The van der Waals surface area contributed by atoms with Gasteiger partial charge < -0.3 is 0 Å². The highest BCUT2D eigenvalue weighted by Gasteiger charge is 2.10. The Morgan fingerprint density at radius 1 is 1.36 bits per heavy atom. The first kappa shape index (κ1) is 11.8. The summed E-state index contributed by atoms with van der Waals surface area (Å²) in [5.41, 5.74) is 0. The van der Waals surface area contributed by atoms with Crippen molar-refractivity contribution >= 4 is 27.7 Å². The van der Waals surface area contributed by atoms with Gasteiger partial charge in [0, 0.05) is 10.1 Å². The zero-order chi connectivity index (χ0) is 8.91. The molecule has 0 spiro atoms. The van der Waals surface area contributed by atoms with Gasteiger partial charge in [0.15, 0.2) is 0 Å². The van der Waals surface area contributed by atoms with Gasteiger partial charge in [-0.3, -0.25) is 0 Å². The molecule has 0 radical (unpaired) electrons. The maximum atomic E-state index is 3.49. The molecular formula is C9H19BrS. The largest absolute Gasteiger partial charge is 0.156 e. The molecule has 0 fully saturated rings. The van der Waals surface area contributed by atoms with Crippen molar-refractivity contribution in [3.05, 3.63) is 0 Å². The molecule has 0 bridgehead atoms. The van der Waals surface area contributed by atoms with Gasteiger partial charge in [-0.05, 0) is 18.1 Å². The van der Waals surface area contributed by atoms with E-state index in [-0.39, 0.29) is 0 Å². The Hall–Kier alpha value is 0.830. The van der Waals surface area contributed by atoms with Crippen molar-refractivity contribution < 1.29 is 0 Å². The summed E-state index contributed by atoms with van der Waals surface area (Å²) in [4.78, 5) is 0. The highest BCUT2D eigenvalue weighted by Crippen LogP contribution is 2.25. The Bertz CT molecular complexity index is 96.2. The van der Waals surface area contributed by atoms with Crippen LogP contribution in [0.15, 0.2) is 0 Å². The Labute approximate surface area is 83.6 Å². The van der Waals surface area contributed by atoms with Gasteiger partial charge in [-0.2, -0.15) is 11.8 Å². The van der Waals surface area contributed by atoms with E-state index in [0.717, 1.165) is 11.2 Å². The number of halogens is 1. The maximum absolute atomic E-state index is 3.49. The van der Waals surface area contributed by atoms with E-state index in [2.05, 4.69) is 55.4 Å². The second kappa shape index (κ2) is 5.47. The minimum absolute atomic E-state index is 0.437. The third-order valence-corrected chi connectivity index (χ3v) is 3.82. The van der Waals surface area contributed by atoms with Crippen LogP contribution in [0.4, 0.5) is 0 Å². The van der Waals surface area contributed by atoms with Crippen molar-refractivity contribution in [1.82, 2.24) is 0 Å². The van der Waals surface area contributed by atoms with Crippen LogP contribution in [0, 0.1) is 5.92 Å². The average Bonchev–Trinajstić information content (AvgIpc) is 1.85. The Kier molecular flexibility index (Phi) is 5.88. The summed E-state index contributed by atoms with van der Waals surface area (Å²) in [5.74, 6) is 2.11. The van der Waals surface area contributed by atoms with E-state index in [1.807, 2.05) is 0 Å². The van der Waals surface area contributed by atoms with E-state index in [4.69, 9.17) is 0 Å². The quantitative estimate of drug-likeness (QED) is 0.669. The van der Waals surface area contributed by atoms with Crippen molar-refractivity contribution in [2.45, 2.75) is 38.9 Å². The molecule has 0 aromatic heterocycles. The van der Waals surface area contributed by atoms with Crippen LogP contribution in [-0.2, 0) is 0 Å². The molecule has 0 heterocycles. The van der Waals surface area contributed by atoms with Gasteiger partial charge in [0.05, 0.1) is 0 Å². The first-order valence-electron chi connectivity index (χ1n) is 4.15. The lowest BCUT2D eigenvalue weighted by Crippen LogP contribution is -2.09. The molecule has 0 saturated carbocycles. The van der Waals surface area contributed by atoms with Gasteiger partial charge >= 0.3 is 0 Å². The van der Waals surface area contributed by atoms with Crippen LogP contribution in [0.5, 0.6) is 0 Å². The second-order valence-electron chi connectivity index (χ2n) is 4.01. The minimum atomic E-state index is 0.437. The topological polar surface area (TPSA) is 0 Å². The Morgan fingerprint density at radius 3 is 2.27 bits per heavy atom. The smallest absolute Gasteiger partial charge is 0.00750 e. The molecule has 1 unspecified atom stereocenters. The van der Waals surface area contributed by atoms with Gasteiger partial charge in [0.1, 0.15) is 0 Å². The Balaban J connectivity index is 3.28. The molecule has 0 saturated heterocycles. The van der Waals surface area contributed by atoms with Crippen molar-refractivity contribution in [2.24, 2.45) is 5.92 Å². The third-order valence-electron chi connectivity index (χ3n) is 1.41. The summed E-state index contributed by atoms with van der Waals surface area (Å²) in [6, 6.07) is 0. The fraction of sp³-hybridized carbons (Fsp3) is 1.00. The van der Waals surface area contributed by atoms with Crippen molar-refractivity contribution in [1.29, 1.82) is 0 Å². The predicted octanol–water partition coefficient (Wildman–Crippen LogP) is 3.94. The molecule has 11 heavy (non-hydrogen) atoms. The van der Waals surface area contributed by atoms with Gasteiger partial charge in [0.25, 0.3) is 0 Å². The first-order chi connectivity index (χ1) is 4.95. The lowest BCUT2D eigenvalue weighted by atomic mass is 10.2. The van der Waals surface area contributed by atoms with Gasteiger partial charge in [0.2, 0.25) is 0 Å². The van der Waals surface area contributed by atoms with Crippen LogP contribution < -0.4 is 0 Å². The molecule has 2 heteroatoms. The summed E-state index contributed by atoms with van der Waals surface area (Å²) in [6.07, 6.45) is 1.33. The second-order valence-corrected chi connectivity index (χ2v) is 6.58. The third kappa shape index (κ3) is 8.74. The number of hydrogen-bond acceptors (Lipinski definition) is 1. The van der Waals surface area contributed by atoms with Crippen molar-refractivity contribution in [2.75, 3.05) is 11.1 Å². The summed E-state index contributed by atoms with van der Waals surface area (Å²) in [6.45, 7) is 9.11. The average molecular weight is 239 g/mol. The molecule has 0 nitrogen and oxygen atoms in total. The van der Waals surface area contributed by atoms with Crippen LogP contribution in [0.3, 0.4) is 0 Å². The van der Waals surface area contributed by atoms with E-state index in [1.165, 1.54) is 12.2 Å². The summed E-state index contributed by atoms with van der Waals surface area (Å²) < 4.78 is 0.437. The normalized spacial score (nSPS) is 15.0. The molecule has 0 aromatic carbocycles. The van der Waals surface area contributed by atoms with Crippen LogP contribution in [-0.4, -0.2) is 15.8 Å². The van der Waals surface area contributed by atoms with E-state index < -0.39 is 0 Å². The highest BCUT2D eigenvalue weighted by atomic mass is 79.9. The number of alkyl halides is 1. The van der Waals surface area contributed by atoms with E-state index in [0.29, 0.717) is 4.75 Å². The molecule has 68 valence electrons.